The second kappa shape index (κ2) is 3.62. The number of nitrogens with one attached hydrogen (secondary N) is 1. The third-order valence-corrected chi connectivity index (χ3v) is 2.19. The lowest BCUT2D eigenvalue weighted by atomic mass is 10.0. The van der Waals surface area contributed by atoms with E-state index < -0.39 is 0 Å². The van der Waals surface area contributed by atoms with Gasteiger partial charge in [0.1, 0.15) is 0 Å². The Balaban J connectivity index is 2.08. The molecule has 0 aromatic heterocycles. The molecule has 72 valence electrons. The fraction of sp³-hybridized carbons (Fsp3) is 0.273. The summed E-state index contributed by atoms with van der Waals surface area (Å²) >= 11 is 0. The quantitative estimate of drug-likeness (QED) is 0.749. The average molecular weight is 188 g/mol. The van der Waals surface area contributed by atoms with Crippen molar-refractivity contribution in [3.63, 3.8) is 0 Å². The molecule has 0 aliphatic carbocycles. The summed E-state index contributed by atoms with van der Waals surface area (Å²) in [5.74, 6) is -0.00680. The van der Waals surface area contributed by atoms with Crippen molar-refractivity contribution in [2.24, 2.45) is 5.10 Å². The molecule has 0 bridgehead atoms. The van der Waals surface area contributed by atoms with Crippen LogP contribution in [0.4, 0.5) is 0 Å². The van der Waals surface area contributed by atoms with Crippen LogP contribution in [0.25, 0.3) is 0 Å². The summed E-state index contributed by atoms with van der Waals surface area (Å²) in [6.07, 6.45) is 1.20. The minimum atomic E-state index is -0.00680. The van der Waals surface area contributed by atoms with Crippen LogP contribution in [0.1, 0.15) is 17.5 Å². The number of nitrogens with zero attached hydrogens (tertiary/aromatic N) is 1. The zero-order valence-corrected chi connectivity index (χ0v) is 8.08. The molecule has 0 saturated carbocycles. The summed E-state index contributed by atoms with van der Waals surface area (Å²) in [5.41, 5.74) is 5.82. The van der Waals surface area contributed by atoms with E-state index in [9.17, 15) is 4.79 Å². The van der Waals surface area contributed by atoms with Crippen molar-refractivity contribution in [1.29, 1.82) is 0 Å². The van der Waals surface area contributed by atoms with E-state index in [1.165, 1.54) is 11.1 Å². The Bertz CT molecular complexity index is 396. The van der Waals surface area contributed by atoms with E-state index in [-0.39, 0.29) is 5.91 Å². The molecule has 1 aliphatic heterocycles. The Morgan fingerprint density at radius 1 is 1.50 bits per heavy atom. The zero-order chi connectivity index (χ0) is 9.97. The van der Waals surface area contributed by atoms with Crippen LogP contribution in [0.5, 0.6) is 0 Å². The van der Waals surface area contributed by atoms with E-state index in [1.807, 2.05) is 6.07 Å². The lowest BCUT2D eigenvalue weighted by molar-refractivity contribution is -0.119. The number of benzene rings is 1. The van der Waals surface area contributed by atoms with Gasteiger partial charge in [-0.15, -0.1) is 0 Å². The van der Waals surface area contributed by atoms with Crippen molar-refractivity contribution < 1.29 is 4.79 Å². The zero-order valence-electron chi connectivity index (χ0n) is 8.08. The first kappa shape index (κ1) is 8.94. The van der Waals surface area contributed by atoms with Crippen LogP contribution < -0.4 is 5.43 Å². The molecule has 1 aromatic carbocycles. The summed E-state index contributed by atoms with van der Waals surface area (Å²) in [7, 11) is 0. The van der Waals surface area contributed by atoms with Crippen LogP contribution in [-0.4, -0.2) is 11.6 Å². The highest BCUT2D eigenvalue weighted by molar-refractivity contribution is 6.05. The number of carbonyl (C=O) groups is 1. The molecule has 0 radical (unpaired) electrons. The van der Waals surface area contributed by atoms with Gasteiger partial charge in [0.05, 0.1) is 12.1 Å². The molecule has 3 nitrogen and oxygen atoms in total. The number of hydrogen-bond acceptors (Lipinski definition) is 2. The SMILES string of the molecule is Cc1cccc(CC2=NNC(=O)C2)c1. The Kier molecular flexibility index (Phi) is 2.31. The topological polar surface area (TPSA) is 41.5 Å². The second-order valence-electron chi connectivity index (χ2n) is 3.56. The van der Waals surface area contributed by atoms with Gasteiger partial charge in [0, 0.05) is 6.42 Å². The molecular weight excluding hydrogens is 176 g/mol. The summed E-state index contributed by atoms with van der Waals surface area (Å²) in [5, 5.41) is 3.96. The first-order chi connectivity index (χ1) is 6.74. The molecule has 1 heterocycles. The molecule has 3 heteroatoms. The summed E-state index contributed by atoms with van der Waals surface area (Å²) in [6.45, 7) is 2.06. The molecule has 0 saturated heterocycles. The van der Waals surface area contributed by atoms with Crippen LogP contribution in [0, 0.1) is 6.92 Å². The number of hydrazone groups is 1. The van der Waals surface area contributed by atoms with E-state index >= 15 is 0 Å². The third-order valence-electron chi connectivity index (χ3n) is 2.19. The highest BCUT2D eigenvalue weighted by Crippen LogP contribution is 2.08. The molecule has 1 N–H and O–H groups in total. The van der Waals surface area contributed by atoms with Crippen molar-refractivity contribution >= 4 is 11.6 Å². The average Bonchev–Trinajstić information content (AvgIpc) is 2.51. The molecule has 1 aliphatic rings. The summed E-state index contributed by atoms with van der Waals surface area (Å²) in [4.78, 5) is 10.9. The largest absolute Gasteiger partial charge is 0.273 e. The van der Waals surface area contributed by atoms with Gasteiger partial charge >= 0.3 is 0 Å². The van der Waals surface area contributed by atoms with E-state index in [2.05, 4.69) is 35.7 Å². The Hall–Kier alpha value is -1.64. The van der Waals surface area contributed by atoms with E-state index in [4.69, 9.17) is 0 Å². The summed E-state index contributed by atoms with van der Waals surface area (Å²) in [6, 6.07) is 8.25. The Morgan fingerprint density at radius 2 is 2.36 bits per heavy atom. The molecule has 2 rings (SSSR count). The lowest BCUT2D eigenvalue weighted by Gasteiger charge is -2.00. The smallest absolute Gasteiger partial charge is 0.245 e. The Labute approximate surface area is 82.8 Å². The number of hydrogen-bond donors (Lipinski definition) is 1. The number of amides is 1. The highest BCUT2D eigenvalue weighted by atomic mass is 16.2. The van der Waals surface area contributed by atoms with Gasteiger partial charge in [-0.2, -0.15) is 5.10 Å². The molecule has 14 heavy (non-hydrogen) atoms. The van der Waals surface area contributed by atoms with Gasteiger partial charge in [-0.3, -0.25) is 4.79 Å². The van der Waals surface area contributed by atoms with Crippen LogP contribution in [0.15, 0.2) is 29.4 Å². The van der Waals surface area contributed by atoms with Crippen molar-refractivity contribution in [2.75, 3.05) is 0 Å². The van der Waals surface area contributed by atoms with Crippen LogP contribution in [-0.2, 0) is 11.2 Å². The fourth-order valence-corrected chi connectivity index (χ4v) is 1.57. The molecule has 1 aromatic rings. The van der Waals surface area contributed by atoms with E-state index in [0.717, 1.165) is 12.1 Å². The molecule has 1 amide bonds. The van der Waals surface area contributed by atoms with Crippen molar-refractivity contribution in [1.82, 2.24) is 5.43 Å². The monoisotopic (exact) mass is 188 g/mol. The maximum atomic E-state index is 10.9. The van der Waals surface area contributed by atoms with Gasteiger partial charge in [-0.25, -0.2) is 5.43 Å². The predicted octanol–water partition coefficient (Wildman–Crippen LogP) is 1.41. The maximum Gasteiger partial charge on any atom is 0.245 e. The number of carbonyl (C=O) groups excluding carboxylic acids is 1. The van der Waals surface area contributed by atoms with E-state index in [1.54, 1.807) is 0 Å². The predicted molar refractivity (Wildman–Crippen MR) is 55.1 cm³/mol. The van der Waals surface area contributed by atoms with Crippen molar-refractivity contribution in [3.8, 4) is 0 Å². The van der Waals surface area contributed by atoms with Crippen molar-refractivity contribution in [2.45, 2.75) is 19.8 Å². The van der Waals surface area contributed by atoms with Gasteiger partial charge in [-0.05, 0) is 12.5 Å². The molecule has 0 atom stereocenters. The van der Waals surface area contributed by atoms with Crippen LogP contribution >= 0.6 is 0 Å². The molecule has 0 unspecified atom stereocenters. The highest BCUT2D eigenvalue weighted by Gasteiger charge is 2.14. The first-order valence-electron chi connectivity index (χ1n) is 4.64. The number of rotatable bonds is 2. The van der Waals surface area contributed by atoms with Gasteiger partial charge < -0.3 is 0 Å². The van der Waals surface area contributed by atoms with Gasteiger partial charge in [-0.1, -0.05) is 29.8 Å². The normalized spacial score (nSPS) is 15.2. The standard InChI is InChI=1S/C11H12N2O/c1-8-3-2-4-9(5-8)6-10-7-11(14)13-12-10/h2-5H,6-7H2,1H3,(H,13,14). The minimum Gasteiger partial charge on any atom is -0.273 e. The van der Waals surface area contributed by atoms with Crippen molar-refractivity contribution in [3.05, 3.63) is 35.4 Å². The maximum absolute atomic E-state index is 10.9. The number of aryl methyl sites for hydroxylation is 1. The minimum absolute atomic E-state index is 0.00680. The van der Waals surface area contributed by atoms with Gasteiger partial charge in [0.15, 0.2) is 0 Å². The molecular formula is C11H12N2O. The molecule has 0 spiro atoms. The summed E-state index contributed by atoms with van der Waals surface area (Å²) < 4.78 is 0. The van der Waals surface area contributed by atoms with E-state index in [0.29, 0.717) is 6.42 Å². The third kappa shape index (κ3) is 1.99. The first-order valence-corrected chi connectivity index (χ1v) is 4.64. The lowest BCUT2D eigenvalue weighted by Crippen LogP contribution is -2.09. The van der Waals surface area contributed by atoms with Crippen LogP contribution in [0.3, 0.4) is 0 Å². The van der Waals surface area contributed by atoms with Gasteiger partial charge in [0.2, 0.25) is 5.91 Å². The molecule has 0 fully saturated rings. The van der Waals surface area contributed by atoms with Crippen LogP contribution in [0.2, 0.25) is 0 Å². The second-order valence-corrected chi connectivity index (χ2v) is 3.56. The van der Waals surface area contributed by atoms with Gasteiger partial charge in [0.25, 0.3) is 0 Å². The Morgan fingerprint density at radius 3 is 3.00 bits per heavy atom. The fourth-order valence-electron chi connectivity index (χ4n) is 1.57.